The third-order valence-electron chi connectivity index (χ3n) is 3.98. The van der Waals surface area contributed by atoms with Crippen LogP contribution >= 0.6 is 0 Å². The summed E-state index contributed by atoms with van der Waals surface area (Å²) in [7, 11) is 0. The zero-order chi connectivity index (χ0) is 14.9. The lowest BCUT2D eigenvalue weighted by molar-refractivity contribution is -0.112. The van der Waals surface area contributed by atoms with Gasteiger partial charge in [-0.25, -0.2) is 9.18 Å². The largest absolute Gasteiger partial charge is 0.489 e. The van der Waals surface area contributed by atoms with Gasteiger partial charge in [0.2, 0.25) is 0 Å². The molecule has 1 aromatic rings. The summed E-state index contributed by atoms with van der Waals surface area (Å²) in [6.07, 6.45) is 1.89. The number of rotatable bonds is 3. The Hall–Kier alpha value is -1.66. The second-order valence-corrected chi connectivity index (χ2v) is 5.51. The molecule has 0 bridgehead atoms. The van der Waals surface area contributed by atoms with E-state index in [0.29, 0.717) is 32.7 Å². The molecule has 0 aliphatic carbocycles. The minimum atomic E-state index is -1.13. The van der Waals surface area contributed by atoms with Gasteiger partial charge in [0, 0.05) is 31.9 Å². The van der Waals surface area contributed by atoms with E-state index in [-0.39, 0.29) is 23.0 Å². The van der Waals surface area contributed by atoms with Crippen LogP contribution in [0.1, 0.15) is 29.6 Å². The standard InChI is InChI=1S/C15H17FO5/c16-10-1-2-12(14(17)18)13(7-10)21-11-3-5-20-15(8-11)4-6-19-9-15/h1-2,7,11H,3-6,8-9H2,(H,17,18). The third kappa shape index (κ3) is 3.01. The molecule has 1 aromatic carbocycles. The van der Waals surface area contributed by atoms with Crippen molar-refractivity contribution in [3.63, 3.8) is 0 Å². The van der Waals surface area contributed by atoms with E-state index in [1.165, 1.54) is 6.07 Å². The second kappa shape index (κ2) is 5.61. The van der Waals surface area contributed by atoms with Gasteiger partial charge in [-0.1, -0.05) is 0 Å². The minimum Gasteiger partial charge on any atom is -0.489 e. The average Bonchev–Trinajstić information content (AvgIpc) is 2.86. The third-order valence-corrected chi connectivity index (χ3v) is 3.98. The number of carboxylic acid groups (broad SMARTS) is 1. The number of ether oxygens (including phenoxy) is 3. The maximum Gasteiger partial charge on any atom is 0.339 e. The predicted octanol–water partition coefficient (Wildman–Crippen LogP) is 2.24. The fourth-order valence-corrected chi connectivity index (χ4v) is 2.90. The first-order valence-electron chi connectivity index (χ1n) is 6.99. The van der Waals surface area contributed by atoms with E-state index in [0.717, 1.165) is 18.6 Å². The highest BCUT2D eigenvalue weighted by atomic mass is 19.1. The lowest BCUT2D eigenvalue weighted by Gasteiger charge is -2.37. The fraction of sp³-hybridized carbons (Fsp3) is 0.533. The van der Waals surface area contributed by atoms with Crippen molar-refractivity contribution in [2.45, 2.75) is 31.0 Å². The van der Waals surface area contributed by atoms with Crippen LogP contribution in [0.4, 0.5) is 4.39 Å². The van der Waals surface area contributed by atoms with Crippen molar-refractivity contribution in [1.29, 1.82) is 0 Å². The van der Waals surface area contributed by atoms with Crippen LogP contribution in [-0.4, -0.2) is 42.6 Å². The second-order valence-electron chi connectivity index (χ2n) is 5.51. The van der Waals surface area contributed by atoms with E-state index in [1.54, 1.807) is 0 Å². The Bertz CT molecular complexity index is 539. The van der Waals surface area contributed by atoms with Gasteiger partial charge in [-0.05, 0) is 12.1 Å². The van der Waals surface area contributed by atoms with Gasteiger partial charge in [0.05, 0.1) is 18.8 Å². The SMILES string of the molecule is O=C(O)c1ccc(F)cc1OC1CCOC2(CCOC2)C1. The van der Waals surface area contributed by atoms with Gasteiger partial charge < -0.3 is 19.3 Å². The van der Waals surface area contributed by atoms with Crippen molar-refractivity contribution in [1.82, 2.24) is 0 Å². The molecule has 2 heterocycles. The molecule has 21 heavy (non-hydrogen) atoms. The number of carboxylic acids is 1. The molecule has 0 saturated carbocycles. The quantitative estimate of drug-likeness (QED) is 0.926. The maximum absolute atomic E-state index is 13.3. The molecule has 0 radical (unpaired) electrons. The highest BCUT2D eigenvalue weighted by Crippen LogP contribution is 2.35. The molecule has 2 aliphatic heterocycles. The molecule has 1 N–H and O–H groups in total. The summed E-state index contributed by atoms with van der Waals surface area (Å²) >= 11 is 0. The van der Waals surface area contributed by atoms with Gasteiger partial charge in [-0.15, -0.1) is 0 Å². The van der Waals surface area contributed by atoms with Crippen molar-refractivity contribution < 1.29 is 28.5 Å². The highest BCUT2D eigenvalue weighted by molar-refractivity contribution is 5.90. The van der Waals surface area contributed by atoms with Gasteiger partial charge in [-0.3, -0.25) is 0 Å². The van der Waals surface area contributed by atoms with E-state index in [1.807, 2.05) is 0 Å². The molecule has 0 amide bonds. The van der Waals surface area contributed by atoms with Crippen LogP contribution in [0.5, 0.6) is 5.75 Å². The van der Waals surface area contributed by atoms with Crippen LogP contribution in [0.25, 0.3) is 0 Å². The first-order chi connectivity index (χ1) is 10.1. The minimum absolute atomic E-state index is 0.0281. The Morgan fingerprint density at radius 2 is 2.29 bits per heavy atom. The lowest BCUT2D eigenvalue weighted by atomic mass is 9.91. The molecular formula is C15H17FO5. The van der Waals surface area contributed by atoms with E-state index < -0.39 is 11.8 Å². The monoisotopic (exact) mass is 296 g/mol. The zero-order valence-electron chi connectivity index (χ0n) is 11.5. The molecule has 0 aromatic heterocycles. The van der Waals surface area contributed by atoms with Crippen LogP contribution in [0, 0.1) is 5.82 Å². The van der Waals surface area contributed by atoms with E-state index in [4.69, 9.17) is 19.3 Å². The summed E-state index contributed by atoms with van der Waals surface area (Å²) in [4.78, 5) is 11.2. The van der Waals surface area contributed by atoms with Gasteiger partial charge in [-0.2, -0.15) is 0 Å². The Balaban J connectivity index is 1.77. The van der Waals surface area contributed by atoms with Crippen molar-refractivity contribution >= 4 is 5.97 Å². The van der Waals surface area contributed by atoms with Crippen LogP contribution in [0.2, 0.25) is 0 Å². The van der Waals surface area contributed by atoms with Crippen LogP contribution in [0.3, 0.4) is 0 Å². The Kier molecular flexibility index (Phi) is 3.82. The maximum atomic E-state index is 13.3. The average molecular weight is 296 g/mol. The summed E-state index contributed by atoms with van der Waals surface area (Å²) in [6.45, 7) is 1.72. The van der Waals surface area contributed by atoms with Gasteiger partial charge in [0.15, 0.2) is 0 Å². The van der Waals surface area contributed by atoms with Crippen molar-refractivity contribution in [2.24, 2.45) is 0 Å². The summed E-state index contributed by atoms with van der Waals surface area (Å²) in [5, 5.41) is 9.14. The number of hydrogen-bond donors (Lipinski definition) is 1. The Labute approximate surface area is 121 Å². The summed E-state index contributed by atoms with van der Waals surface area (Å²) in [5.41, 5.74) is -0.362. The van der Waals surface area contributed by atoms with Gasteiger partial charge in [0.1, 0.15) is 23.2 Å². The van der Waals surface area contributed by atoms with Gasteiger partial charge in [0.25, 0.3) is 0 Å². The molecule has 2 aliphatic rings. The van der Waals surface area contributed by atoms with E-state index in [9.17, 15) is 9.18 Å². The van der Waals surface area contributed by atoms with Crippen LogP contribution in [-0.2, 0) is 9.47 Å². The molecule has 6 heteroatoms. The van der Waals surface area contributed by atoms with E-state index >= 15 is 0 Å². The molecule has 3 rings (SSSR count). The molecule has 5 nitrogen and oxygen atoms in total. The number of halogens is 1. The molecule has 114 valence electrons. The van der Waals surface area contributed by atoms with Gasteiger partial charge >= 0.3 is 5.97 Å². The Morgan fingerprint density at radius 1 is 1.43 bits per heavy atom. The fourth-order valence-electron chi connectivity index (χ4n) is 2.90. The topological polar surface area (TPSA) is 65.0 Å². The van der Waals surface area contributed by atoms with E-state index in [2.05, 4.69) is 0 Å². The molecular weight excluding hydrogens is 279 g/mol. The number of benzene rings is 1. The Morgan fingerprint density at radius 3 is 3.00 bits per heavy atom. The highest BCUT2D eigenvalue weighted by Gasteiger charge is 2.42. The summed E-state index contributed by atoms with van der Waals surface area (Å²) < 4.78 is 30.3. The summed E-state index contributed by atoms with van der Waals surface area (Å²) in [6, 6.07) is 3.46. The molecule has 1 spiro atoms. The molecule has 2 saturated heterocycles. The van der Waals surface area contributed by atoms with Crippen LogP contribution < -0.4 is 4.74 Å². The van der Waals surface area contributed by atoms with Crippen LogP contribution in [0.15, 0.2) is 18.2 Å². The predicted molar refractivity (Wildman–Crippen MR) is 71.1 cm³/mol. The number of hydrogen-bond acceptors (Lipinski definition) is 4. The van der Waals surface area contributed by atoms with Crippen molar-refractivity contribution in [3.8, 4) is 5.75 Å². The lowest BCUT2D eigenvalue weighted by Crippen LogP contribution is -2.44. The first-order valence-corrected chi connectivity index (χ1v) is 6.99. The zero-order valence-corrected chi connectivity index (χ0v) is 11.5. The molecule has 2 fully saturated rings. The normalized spacial score (nSPS) is 28.7. The number of aromatic carboxylic acids is 1. The van der Waals surface area contributed by atoms with Crippen molar-refractivity contribution in [3.05, 3.63) is 29.6 Å². The molecule has 2 unspecified atom stereocenters. The molecule has 2 atom stereocenters. The first kappa shape index (κ1) is 14.3. The van der Waals surface area contributed by atoms with Crippen molar-refractivity contribution in [2.75, 3.05) is 19.8 Å². The number of carbonyl (C=O) groups is 1. The smallest absolute Gasteiger partial charge is 0.339 e. The summed E-state index contributed by atoms with van der Waals surface area (Å²) in [5.74, 6) is -1.57.